The minimum absolute atomic E-state index is 0.117. The van der Waals surface area contributed by atoms with Crippen molar-refractivity contribution in [1.82, 2.24) is 10.2 Å². The second-order valence-electron chi connectivity index (χ2n) is 8.48. The smallest absolute Gasteiger partial charge is 0.413 e. The van der Waals surface area contributed by atoms with Crippen molar-refractivity contribution in [1.29, 1.82) is 0 Å². The Balaban J connectivity index is 2.20. The molecule has 0 aliphatic heterocycles. The third-order valence-electron chi connectivity index (χ3n) is 6.19. The van der Waals surface area contributed by atoms with Crippen molar-refractivity contribution in [2.75, 3.05) is 7.05 Å². The number of Topliss-reactive ketones (excluding diaryl/α,β-unsaturated/α-hetero) is 1. The molecule has 0 aromatic heterocycles. The number of benzene rings is 1. The van der Waals surface area contributed by atoms with Gasteiger partial charge in [0.25, 0.3) is 0 Å². The number of hydrogen-bond donors (Lipinski definition) is 1. The van der Waals surface area contributed by atoms with Gasteiger partial charge in [-0.1, -0.05) is 50.1 Å². The van der Waals surface area contributed by atoms with Gasteiger partial charge >= 0.3 is 12.1 Å². The molecule has 33 heavy (non-hydrogen) atoms. The summed E-state index contributed by atoms with van der Waals surface area (Å²) in [5, 5.41) is 2.97. The van der Waals surface area contributed by atoms with Crippen molar-refractivity contribution in [3.8, 4) is 0 Å². The van der Waals surface area contributed by atoms with E-state index in [0.717, 1.165) is 12.8 Å². The van der Waals surface area contributed by atoms with Crippen LogP contribution in [0.5, 0.6) is 0 Å². The van der Waals surface area contributed by atoms with E-state index in [1.807, 2.05) is 13.8 Å². The van der Waals surface area contributed by atoms with Crippen LogP contribution in [0.2, 0.25) is 5.02 Å². The number of esters is 1. The maximum atomic E-state index is 13.1. The van der Waals surface area contributed by atoms with E-state index in [2.05, 4.69) is 5.32 Å². The van der Waals surface area contributed by atoms with Crippen LogP contribution in [0.1, 0.15) is 65.4 Å². The zero-order valence-electron chi connectivity index (χ0n) is 19.9. The van der Waals surface area contributed by atoms with Crippen molar-refractivity contribution in [3.05, 3.63) is 34.9 Å². The predicted octanol–water partition coefficient (Wildman–Crippen LogP) is 4.19. The number of carbonyl (C=O) groups is 4. The number of nitrogens with zero attached hydrogens (tertiary/aromatic N) is 1. The first-order valence-corrected chi connectivity index (χ1v) is 11.6. The third kappa shape index (κ3) is 6.05. The van der Waals surface area contributed by atoms with Crippen LogP contribution in [0.4, 0.5) is 4.79 Å². The Bertz CT molecular complexity index is 891. The number of carbonyl (C=O) groups excluding carboxylic acids is 4. The first kappa shape index (κ1) is 26.6. The highest BCUT2D eigenvalue weighted by Crippen LogP contribution is 2.42. The normalized spacial score (nSPS) is 20.8. The maximum absolute atomic E-state index is 13.1. The number of nitrogens with one attached hydrogen (secondary N) is 1. The molecule has 2 amide bonds. The van der Waals surface area contributed by atoms with Gasteiger partial charge in [-0.15, -0.1) is 0 Å². The third-order valence-corrected chi connectivity index (χ3v) is 6.52. The molecule has 0 bridgehead atoms. The molecule has 1 fully saturated rings. The number of rotatable bonds is 8. The largest absolute Gasteiger partial charge is 0.424 e. The Labute approximate surface area is 199 Å². The summed E-state index contributed by atoms with van der Waals surface area (Å²) in [6.45, 7) is 6.43. The van der Waals surface area contributed by atoms with Gasteiger partial charge in [0.1, 0.15) is 11.6 Å². The Hall–Kier alpha value is -2.61. The molecule has 8 nitrogen and oxygen atoms in total. The molecule has 0 heterocycles. The molecule has 0 spiro atoms. The summed E-state index contributed by atoms with van der Waals surface area (Å²) in [5.74, 6) is -1.35. The quantitative estimate of drug-likeness (QED) is 0.442. The van der Waals surface area contributed by atoms with Crippen molar-refractivity contribution in [2.24, 2.45) is 5.92 Å². The lowest BCUT2D eigenvalue weighted by Gasteiger charge is -2.43. The Morgan fingerprint density at radius 3 is 2.42 bits per heavy atom. The van der Waals surface area contributed by atoms with Crippen LogP contribution in [-0.2, 0) is 29.4 Å². The second kappa shape index (κ2) is 11.5. The molecule has 9 heteroatoms. The van der Waals surface area contributed by atoms with Gasteiger partial charge in [-0.05, 0) is 31.2 Å². The van der Waals surface area contributed by atoms with Gasteiger partial charge in [0.2, 0.25) is 12.2 Å². The molecular weight excluding hydrogens is 448 g/mol. The van der Waals surface area contributed by atoms with E-state index in [-0.39, 0.29) is 17.6 Å². The molecule has 0 saturated heterocycles. The SMILES string of the molecule is CCC(C)[C@H](NC(C)=O)C(=O)OC(C)OC(=O)N(C)[C@@]1(c2ccccc2Cl)CCCCC1=O. The number of halogens is 1. The van der Waals surface area contributed by atoms with Crippen LogP contribution in [0.25, 0.3) is 0 Å². The lowest BCUT2D eigenvalue weighted by molar-refractivity contribution is -0.172. The van der Waals surface area contributed by atoms with E-state index in [0.29, 0.717) is 29.8 Å². The van der Waals surface area contributed by atoms with Crippen LogP contribution < -0.4 is 5.32 Å². The molecule has 1 saturated carbocycles. The number of ketones is 1. The Kier molecular flexibility index (Phi) is 9.28. The minimum Gasteiger partial charge on any atom is -0.424 e. The molecular formula is C24H33ClN2O6. The molecule has 2 unspecified atom stereocenters. The van der Waals surface area contributed by atoms with Crippen LogP contribution in [-0.4, -0.2) is 48.0 Å². The second-order valence-corrected chi connectivity index (χ2v) is 8.89. The van der Waals surface area contributed by atoms with Crippen molar-refractivity contribution in [2.45, 2.75) is 77.7 Å². The van der Waals surface area contributed by atoms with Crippen LogP contribution >= 0.6 is 11.6 Å². The summed E-state index contributed by atoms with van der Waals surface area (Å²) in [6, 6.07) is 6.09. The van der Waals surface area contributed by atoms with E-state index in [1.165, 1.54) is 25.8 Å². The highest BCUT2D eigenvalue weighted by Gasteiger charge is 2.49. The summed E-state index contributed by atoms with van der Waals surface area (Å²) in [5.41, 5.74) is -0.713. The molecule has 182 valence electrons. The average Bonchev–Trinajstić information content (AvgIpc) is 2.77. The van der Waals surface area contributed by atoms with Gasteiger partial charge < -0.3 is 14.8 Å². The highest BCUT2D eigenvalue weighted by molar-refractivity contribution is 6.31. The zero-order chi connectivity index (χ0) is 24.8. The van der Waals surface area contributed by atoms with Gasteiger partial charge in [0.15, 0.2) is 5.78 Å². The molecule has 1 aromatic rings. The van der Waals surface area contributed by atoms with Crippen molar-refractivity contribution >= 4 is 35.4 Å². The first-order chi connectivity index (χ1) is 15.5. The topological polar surface area (TPSA) is 102 Å². The predicted molar refractivity (Wildman–Crippen MR) is 123 cm³/mol. The van der Waals surface area contributed by atoms with E-state index in [4.69, 9.17) is 21.1 Å². The van der Waals surface area contributed by atoms with E-state index >= 15 is 0 Å². The van der Waals surface area contributed by atoms with E-state index in [9.17, 15) is 19.2 Å². The average molecular weight is 481 g/mol. The summed E-state index contributed by atoms with van der Waals surface area (Å²) in [4.78, 5) is 51.5. The fraction of sp³-hybridized carbons (Fsp3) is 0.583. The minimum atomic E-state index is -1.26. The summed E-state index contributed by atoms with van der Waals surface area (Å²) in [6.07, 6.45) is 0.808. The zero-order valence-corrected chi connectivity index (χ0v) is 20.6. The van der Waals surface area contributed by atoms with E-state index < -0.39 is 29.9 Å². The van der Waals surface area contributed by atoms with Gasteiger partial charge in [-0.25, -0.2) is 9.59 Å². The number of ether oxygens (including phenoxy) is 2. The lowest BCUT2D eigenvalue weighted by atomic mass is 9.74. The Morgan fingerprint density at radius 1 is 1.18 bits per heavy atom. The number of amides is 2. The van der Waals surface area contributed by atoms with Crippen LogP contribution in [0.3, 0.4) is 0 Å². The number of hydrogen-bond acceptors (Lipinski definition) is 6. The fourth-order valence-electron chi connectivity index (χ4n) is 4.16. The van der Waals surface area contributed by atoms with Crippen molar-refractivity contribution < 1.29 is 28.7 Å². The molecule has 1 aliphatic carbocycles. The fourth-order valence-corrected chi connectivity index (χ4v) is 4.45. The van der Waals surface area contributed by atoms with Crippen molar-refractivity contribution in [3.63, 3.8) is 0 Å². The molecule has 0 radical (unpaired) electrons. The Morgan fingerprint density at radius 2 is 1.85 bits per heavy atom. The molecule has 1 N–H and O–H groups in total. The maximum Gasteiger partial charge on any atom is 0.413 e. The van der Waals surface area contributed by atoms with Gasteiger partial charge in [0.05, 0.1) is 0 Å². The van der Waals surface area contributed by atoms with Crippen LogP contribution in [0, 0.1) is 5.92 Å². The highest BCUT2D eigenvalue weighted by atomic mass is 35.5. The molecule has 1 aromatic carbocycles. The monoisotopic (exact) mass is 480 g/mol. The summed E-state index contributed by atoms with van der Waals surface area (Å²) < 4.78 is 10.7. The summed E-state index contributed by atoms with van der Waals surface area (Å²) in [7, 11) is 1.49. The lowest BCUT2D eigenvalue weighted by Crippen LogP contribution is -2.55. The van der Waals surface area contributed by atoms with Gasteiger partial charge in [0, 0.05) is 37.9 Å². The standard InChI is InChI=1S/C24H33ClN2O6/c1-6-15(2)21(26-16(3)28)22(30)32-17(4)33-23(31)27(5)24(14-10-9-13-20(24)29)18-11-7-8-12-19(18)25/h7-8,11-12,15,17,21H,6,9-10,13-14H2,1-5H3,(H,26,28)/t15?,17?,21-,24+/m0/s1. The van der Waals surface area contributed by atoms with Crippen LogP contribution in [0.15, 0.2) is 24.3 Å². The summed E-state index contributed by atoms with van der Waals surface area (Å²) >= 11 is 6.42. The van der Waals surface area contributed by atoms with Gasteiger partial charge in [-0.3, -0.25) is 14.5 Å². The van der Waals surface area contributed by atoms with Gasteiger partial charge in [-0.2, -0.15) is 0 Å². The first-order valence-electron chi connectivity index (χ1n) is 11.2. The molecule has 1 aliphatic rings. The molecule has 2 rings (SSSR count). The number of likely N-dealkylation sites (N-methyl/N-ethyl adjacent to an activating group) is 1. The van der Waals surface area contributed by atoms with E-state index in [1.54, 1.807) is 24.3 Å². The molecule has 4 atom stereocenters.